The van der Waals surface area contributed by atoms with E-state index in [2.05, 4.69) is 5.32 Å². The average Bonchev–Trinajstić information content (AvgIpc) is 2.53. The van der Waals surface area contributed by atoms with E-state index in [0.717, 1.165) is 5.56 Å². The molecule has 0 saturated carbocycles. The summed E-state index contributed by atoms with van der Waals surface area (Å²) >= 11 is 0. The summed E-state index contributed by atoms with van der Waals surface area (Å²) in [5.74, 6) is -0.572. The van der Waals surface area contributed by atoms with E-state index < -0.39 is 11.9 Å². The molecule has 0 aromatic heterocycles. The van der Waals surface area contributed by atoms with Gasteiger partial charge in [0.15, 0.2) is 0 Å². The Morgan fingerprint density at radius 1 is 1.38 bits per heavy atom. The minimum atomic E-state index is -0.583. The van der Waals surface area contributed by atoms with Gasteiger partial charge in [-0.05, 0) is 37.0 Å². The van der Waals surface area contributed by atoms with Crippen molar-refractivity contribution in [1.82, 2.24) is 5.32 Å². The fourth-order valence-electron chi connectivity index (χ4n) is 2.54. The summed E-state index contributed by atoms with van der Waals surface area (Å²) < 4.78 is 14.0. The SMILES string of the molecule is Cc1ccc(F)c(N2CCC(=O)NC(CC(C)C)C2=O)c1. The van der Waals surface area contributed by atoms with Crippen molar-refractivity contribution < 1.29 is 14.0 Å². The van der Waals surface area contributed by atoms with Crippen molar-refractivity contribution in [3.63, 3.8) is 0 Å². The third kappa shape index (κ3) is 3.60. The van der Waals surface area contributed by atoms with Crippen LogP contribution >= 0.6 is 0 Å². The molecule has 1 aromatic carbocycles. The van der Waals surface area contributed by atoms with Crippen LogP contribution in [0.4, 0.5) is 10.1 Å². The second-order valence-electron chi connectivity index (χ2n) is 5.94. The highest BCUT2D eigenvalue weighted by Gasteiger charge is 2.32. The number of rotatable bonds is 3. The Kier molecular flexibility index (Phi) is 4.60. The molecule has 1 aliphatic heterocycles. The molecule has 21 heavy (non-hydrogen) atoms. The lowest BCUT2D eigenvalue weighted by molar-refractivity contribution is -0.125. The lowest BCUT2D eigenvalue weighted by Crippen LogP contribution is -2.45. The van der Waals surface area contributed by atoms with E-state index >= 15 is 0 Å². The van der Waals surface area contributed by atoms with Gasteiger partial charge in [0.2, 0.25) is 11.8 Å². The van der Waals surface area contributed by atoms with Crippen molar-refractivity contribution in [3.05, 3.63) is 29.6 Å². The first-order valence-corrected chi connectivity index (χ1v) is 7.25. The molecule has 2 amide bonds. The minimum Gasteiger partial charge on any atom is -0.344 e. The van der Waals surface area contributed by atoms with E-state index in [1.165, 1.54) is 11.0 Å². The van der Waals surface area contributed by atoms with Gasteiger partial charge < -0.3 is 10.2 Å². The standard InChI is InChI=1S/C16H21FN2O2/c1-10(2)8-13-16(21)19(7-6-15(20)18-13)14-9-11(3)4-5-12(14)17/h4-5,9-10,13H,6-8H2,1-3H3,(H,18,20). The van der Waals surface area contributed by atoms with Gasteiger partial charge in [-0.1, -0.05) is 19.9 Å². The van der Waals surface area contributed by atoms with Crippen LogP contribution in [0.2, 0.25) is 0 Å². The molecule has 1 unspecified atom stereocenters. The van der Waals surface area contributed by atoms with Crippen LogP contribution in [0.3, 0.4) is 0 Å². The smallest absolute Gasteiger partial charge is 0.249 e. The molecule has 1 aliphatic rings. The minimum absolute atomic E-state index is 0.162. The Balaban J connectivity index is 2.35. The van der Waals surface area contributed by atoms with Crippen LogP contribution in [-0.4, -0.2) is 24.4 Å². The zero-order chi connectivity index (χ0) is 15.6. The Hall–Kier alpha value is -1.91. The van der Waals surface area contributed by atoms with Crippen LogP contribution in [-0.2, 0) is 9.59 Å². The molecule has 0 spiro atoms. The Morgan fingerprint density at radius 3 is 2.76 bits per heavy atom. The first-order valence-electron chi connectivity index (χ1n) is 7.25. The molecule has 0 radical (unpaired) electrons. The summed E-state index contributed by atoms with van der Waals surface area (Å²) in [5, 5.41) is 2.74. The van der Waals surface area contributed by atoms with Crippen LogP contribution in [0.15, 0.2) is 18.2 Å². The summed E-state index contributed by atoms with van der Waals surface area (Å²) in [7, 11) is 0. The third-order valence-corrected chi connectivity index (χ3v) is 3.56. The quantitative estimate of drug-likeness (QED) is 0.930. The molecule has 114 valence electrons. The van der Waals surface area contributed by atoms with E-state index in [1.54, 1.807) is 12.1 Å². The number of anilines is 1. The van der Waals surface area contributed by atoms with Gasteiger partial charge in [-0.3, -0.25) is 9.59 Å². The summed E-state index contributed by atoms with van der Waals surface area (Å²) in [6.45, 7) is 6.03. The van der Waals surface area contributed by atoms with Crippen LogP contribution in [0.5, 0.6) is 0 Å². The highest BCUT2D eigenvalue weighted by Crippen LogP contribution is 2.24. The number of carbonyl (C=O) groups excluding carboxylic acids is 2. The van der Waals surface area contributed by atoms with Crippen LogP contribution in [0, 0.1) is 18.7 Å². The van der Waals surface area contributed by atoms with Crippen molar-refractivity contribution in [2.45, 2.75) is 39.7 Å². The maximum Gasteiger partial charge on any atom is 0.249 e. The highest BCUT2D eigenvalue weighted by atomic mass is 19.1. The van der Waals surface area contributed by atoms with Crippen molar-refractivity contribution in [2.75, 3.05) is 11.4 Å². The fraction of sp³-hybridized carbons (Fsp3) is 0.500. The number of benzene rings is 1. The maximum atomic E-state index is 14.0. The topological polar surface area (TPSA) is 49.4 Å². The van der Waals surface area contributed by atoms with Crippen LogP contribution in [0.1, 0.15) is 32.3 Å². The summed E-state index contributed by atoms with van der Waals surface area (Å²) in [6.07, 6.45) is 0.738. The lowest BCUT2D eigenvalue weighted by Gasteiger charge is -2.25. The van der Waals surface area contributed by atoms with Crippen molar-refractivity contribution in [3.8, 4) is 0 Å². The van der Waals surface area contributed by atoms with Crippen molar-refractivity contribution in [1.29, 1.82) is 0 Å². The molecule has 0 bridgehead atoms. The van der Waals surface area contributed by atoms with Gasteiger partial charge in [0, 0.05) is 13.0 Å². The van der Waals surface area contributed by atoms with Crippen molar-refractivity contribution in [2.24, 2.45) is 5.92 Å². The monoisotopic (exact) mass is 292 g/mol. The van der Waals surface area contributed by atoms with Crippen LogP contribution in [0.25, 0.3) is 0 Å². The number of halogens is 1. The third-order valence-electron chi connectivity index (χ3n) is 3.56. The Morgan fingerprint density at radius 2 is 2.10 bits per heavy atom. The molecule has 2 rings (SSSR count). The molecule has 1 fully saturated rings. The summed E-state index contributed by atoms with van der Waals surface area (Å²) in [5.41, 5.74) is 1.13. The number of nitrogens with zero attached hydrogens (tertiary/aromatic N) is 1. The van der Waals surface area contributed by atoms with Gasteiger partial charge in [-0.15, -0.1) is 0 Å². The van der Waals surface area contributed by atoms with Gasteiger partial charge >= 0.3 is 0 Å². The Bertz CT molecular complexity index is 557. The van der Waals surface area contributed by atoms with Crippen LogP contribution < -0.4 is 10.2 Å². The number of nitrogens with one attached hydrogen (secondary N) is 1. The second kappa shape index (κ2) is 6.24. The highest BCUT2D eigenvalue weighted by molar-refractivity contribution is 6.01. The fourth-order valence-corrected chi connectivity index (χ4v) is 2.54. The molecular weight excluding hydrogens is 271 g/mol. The lowest BCUT2D eigenvalue weighted by atomic mass is 10.0. The van der Waals surface area contributed by atoms with Gasteiger partial charge in [0.1, 0.15) is 11.9 Å². The Labute approximate surface area is 124 Å². The number of hydrogen-bond acceptors (Lipinski definition) is 2. The number of hydrogen-bond donors (Lipinski definition) is 1. The molecule has 1 N–H and O–H groups in total. The molecule has 0 aliphatic carbocycles. The van der Waals surface area contributed by atoms with E-state index in [-0.39, 0.29) is 36.4 Å². The van der Waals surface area contributed by atoms with E-state index in [0.29, 0.717) is 6.42 Å². The summed E-state index contributed by atoms with van der Waals surface area (Å²) in [6, 6.07) is 4.08. The number of carbonyl (C=O) groups is 2. The molecule has 1 heterocycles. The zero-order valence-electron chi connectivity index (χ0n) is 12.6. The molecule has 1 saturated heterocycles. The molecule has 4 nitrogen and oxygen atoms in total. The van der Waals surface area contributed by atoms with E-state index in [9.17, 15) is 14.0 Å². The average molecular weight is 292 g/mol. The largest absolute Gasteiger partial charge is 0.344 e. The zero-order valence-corrected chi connectivity index (χ0v) is 12.6. The molecule has 1 aromatic rings. The number of aryl methyl sites for hydroxylation is 1. The first kappa shape index (κ1) is 15.5. The molecule has 1 atom stereocenters. The predicted octanol–water partition coefficient (Wildman–Crippen LogP) is 2.40. The van der Waals surface area contributed by atoms with E-state index in [4.69, 9.17) is 0 Å². The predicted molar refractivity (Wildman–Crippen MR) is 79.5 cm³/mol. The molecular formula is C16H21FN2O2. The van der Waals surface area contributed by atoms with Crippen molar-refractivity contribution >= 4 is 17.5 Å². The first-order chi connectivity index (χ1) is 9.88. The van der Waals surface area contributed by atoms with Gasteiger partial charge in [0.25, 0.3) is 0 Å². The van der Waals surface area contributed by atoms with Gasteiger partial charge in [0.05, 0.1) is 5.69 Å². The normalized spacial score (nSPS) is 19.7. The second-order valence-corrected chi connectivity index (χ2v) is 5.94. The van der Waals surface area contributed by atoms with E-state index in [1.807, 2.05) is 20.8 Å². The number of amides is 2. The maximum absolute atomic E-state index is 14.0. The summed E-state index contributed by atoms with van der Waals surface area (Å²) in [4.78, 5) is 25.8. The molecule has 5 heteroatoms. The van der Waals surface area contributed by atoms with Gasteiger partial charge in [-0.2, -0.15) is 0 Å². The van der Waals surface area contributed by atoms with Gasteiger partial charge in [-0.25, -0.2) is 4.39 Å².